The van der Waals surface area contributed by atoms with Crippen LogP contribution in [-0.2, 0) is 25.4 Å². The monoisotopic (exact) mass is 623 g/mol. The zero-order valence-corrected chi connectivity index (χ0v) is 26.5. The van der Waals surface area contributed by atoms with Crippen molar-refractivity contribution in [3.8, 4) is 5.75 Å². The first-order chi connectivity index (χ1) is 20.7. The Labute approximate surface area is 258 Å². The third-order valence-electron chi connectivity index (χ3n) is 7.85. The van der Waals surface area contributed by atoms with Crippen LogP contribution in [0.2, 0.25) is 0 Å². The van der Waals surface area contributed by atoms with Gasteiger partial charge in [-0.2, -0.15) is 0 Å². The van der Waals surface area contributed by atoms with Gasteiger partial charge in [0, 0.05) is 19.5 Å². The van der Waals surface area contributed by atoms with E-state index in [0.29, 0.717) is 18.8 Å². The van der Waals surface area contributed by atoms with Crippen LogP contribution in [0.25, 0.3) is 0 Å². The van der Waals surface area contributed by atoms with Gasteiger partial charge in [-0.05, 0) is 90.8 Å². The van der Waals surface area contributed by atoms with Gasteiger partial charge in [0.15, 0.2) is 0 Å². The number of hydrogen-bond donors (Lipinski definition) is 1. The Bertz CT molecular complexity index is 1120. The second-order valence-corrected chi connectivity index (χ2v) is 13.4. The Hall–Kier alpha value is -3.15. The van der Waals surface area contributed by atoms with Gasteiger partial charge in [-0.25, -0.2) is 18.4 Å². The minimum atomic E-state index is -2.90. The minimum Gasteiger partial charge on any atom is -0.490 e. The Kier molecular flexibility index (Phi) is 11.0. The summed E-state index contributed by atoms with van der Waals surface area (Å²) >= 11 is 0. The third-order valence-corrected chi connectivity index (χ3v) is 7.85. The highest BCUT2D eigenvalue weighted by atomic mass is 19.3. The molecule has 1 atom stereocenters. The molecule has 1 aliphatic carbocycles. The van der Waals surface area contributed by atoms with Crippen LogP contribution in [0.3, 0.4) is 0 Å². The van der Waals surface area contributed by atoms with Gasteiger partial charge in [-0.3, -0.25) is 4.79 Å². The minimum absolute atomic E-state index is 0.0598. The molecule has 2 saturated heterocycles. The molecule has 4 rings (SSSR count). The standard InChI is InChI=1S/C32H47F2N3O7/c1-21(2)41-30(40)36-16-14-26(15-17-36)43-25-12-10-24(11-13-25)42-23-8-6-22(7-9-23)18-27(35-29(39)44-31(3,4)5)28(38)37-19-32(33,34)20-37/h6-9,21,24-27H,10-20H2,1-5H3,(H,35,39)/t24-,25-,27-/m1/s1. The van der Waals surface area contributed by atoms with Crippen LogP contribution in [0.5, 0.6) is 5.75 Å². The molecule has 3 fully saturated rings. The molecule has 1 aromatic rings. The lowest BCUT2D eigenvalue weighted by Crippen LogP contribution is -2.63. The van der Waals surface area contributed by atoms with Crippen molar-refractivity contribution in [2.75, 3.05) is 26.2 Å². The molecule has 0 spiro atoms. The van der Waals surface area contributed by atoms with Crippen LogP contribution in [-0.4, -0.2) is 96.1 Å². The van der Waals surface area contributed by atoms with E-state index in [1.807, 2.05) is 38.1 Å². The molecule has 246 valence electrons. The van der Waals surface area contributed by atoms with E-state index < -0.39 is 42.7 Å². The molecule has 0 bridgehead atoms. The molecule has 44 heavy (non-hydrogen) atoms. The van der Waals surface area contributed by atoms with E-state index in [2.05, 4.69) is 5.32 Å². The largest absolute Gasteiger partial charge is 0.490 e. The van der Waals surface area contributed by atoms with Gasteiger partial charge in [0.1, 0.15) is 17.4 Å². The van der Waals surface area contributed by atoms with Crippen LogP contribution in [0.15, 0.2) is 24.3 Å². The average Bonchev–Trinajstić information content (AvgIpc) is 2.92. The lowest BCUT2D eigenvalue weighted by Gasteiger charge is -2.40. The first-order valence-corrected chi connectivity index (χ1v) is 15.7. The maximum atomic E-state index is 13.4. The van der Waals surface area contributed by atoms with E-state index >= 15 is 0 Å². The highest BCUT2D eigenvalue weighted by Gasteiger charge is 2.48. The van der Waals surface area contributed by atoms with Gasteiger partial charge in [-0.15, -0.1) is 0 Å². The Balaban J connectivity index is 1.22. The molecule has 1 aromatic carbocycles. The Morgan fingerprint density at radius 3 is 2.02 bits per heavy atom. The number of hydrogen-bond acceptors (Lipinski definition) is 7. The Morgan fingerprint density at radius 1 is 0.909 bits per heavy atom. The molecule has 3 aliphatic rings. The molecule has 1 N–H and O–H groups in total. The van der Waals surface area contributed by atoms with Crippen molar-refractivity contribution >= 4 is 18.1 Å². The van der Waals surface area contributed by atoms with Crippen molar-refractivity contribution in [2.45, 2.75) is 122 Å². The van der Waals surface area contributed by atoms with Crippen LogP contribution in [0, 0.1) is 0 Å². The number of carbonyl (C=O) groups is 3. The summed E-state index contributed by atoms with van der Waals surface area (Å²) in [4.78, 5) is 40.3. The smallest absolute Gasteiger partial charge is 0.410 e. The summed E-state index contributed by atoms with van der Waals surface area (Å²) in [5, 5.41) is 2.56. The van der Waals surface area contributed by atoms with Crippen molar-refractivity contribution in [3.05, 3.63) is 29.8 Å². The molecule has 3 amide bonds. The number of nitrogens with zero attached hydrogens (tertiary/aromatic N) is 2. The number of benzene rings is 1. The molecule has 10 nitrogen and oxygen atoms in total. The first kappa shape index (κ1) is 33.7. The van der Waals surface area contributed by atoms with Crippen LogP contribution < -0.4 is 10.1 Å². The number of alkyl halides is 2. The van der Waals surface area contributed by atoms with Crippen LogP contribution in [0.4, 0.5) is 18.4 Å². The lowest BCUT2D eigenvalue weighted by atomic mass is 9.94. The molecule has 1 saturated carbocycles. The maximum Gasteiger partial charge on any atom is 0.410 e. The van der Waals surface area contributed by atoms with Crippen molar-refractivity contribution in [3.63, 3.8) is 0 Å². The molecule has 2 heterocycles. The van der Waals surface area contributed by atoms with Gasteiger partial charge in [-0.1, -0.05) is 12.1 Å². The second kappa shape index (κ2) is 14.3. The van der Waals surface area contributed by atoms with Gasteiger partial charge in [0.25, 0.3) is 5.92 Å². The second-order valence-electron chi connectivity index (χ2n) is 13.4. The summed E-state index contributed by atoms with van der Waals surface area (Å²) in [6.07, 6.45) is 4.48. The number of amides is 3. The van der Waals surface area contributed by atoms with Crippen molar-refractivity contribution < 1.29 is 42.1 Å². The summed E-state index contributed by atoms with van der Waals surface area (Å²) in [6.45, 7) is 8.78. The van der Waals surface area contributed by atoms with Gasteiger partial charge >= 0.3 is 12.2 Å². The summed E-state index contributed by atoms with van der Waals surface area (Å²) in [7, 11) is 0. The summed E-state index contributed by atoms with van der Waals surface area (Å²) < 4.78 is 50.0. The van der Waals surface area contributed by atoms with Gasteiger partial charge in [0.2, 0.25) is 5.91 Å². The Morgan fingerprint density at radius 2 is 1.48 bits per heavy atom. The zero-order chi connectivity index (χ0) is 32.1. The average molecular weight is 624 g/mol. The number of rotatable bonds is 9. The summed E-state index contributed by atoms with van der Waals surface area (Å²) in [6, 6.07) is 6.24. The maximum absolute atomic E-state index is 13.4. The van der Waals surface area contributed by atoms with E-state index in [0.717, 1.165) is 49.0 Å². The van der Waals surface area contributed by atoms with Crippen molar-refractivity contribution in [2.24, 2.45) is 0 Å². The van der Waals surface area contributed by atoms with E-state index in [9.17, 15) is 23.2 Å². The quantitative estimate of drug-likeness (QED) is 0.397. The number of carbonyl (C=O) groups excluding carboxylic acids is 3. The predicted molar refractivity (Wildman–Crippen MR) is 159 cm³/mol. The van der Waals surface area contributed by atoms with E-state index in [-0.39, 0.29) is 36.9 Å². The van der Waals surface area contributed by atoms with Crippen LogP contribution in [0.1, 0.15) is 78.7 Å². The highest BCUT2D eigenvalue weighted by molar-refractivity contribution is 5.86. The number of nitrogens with one attached hydrogen (secondary N) is 1. The molecule has 2 aliphatic heterocycles. The summed E-state index contributed by atoms with van der Waals surface area (Å²) in [5.74, 6) is -2.78. The van der Waals surface area contributed by atoms with Crippen molar-refractivity contribution in [1.82, 2.24) is 15.1 Å². The fourth-order valence-electron chi connectivity index (χ4n) is 5.68. The number of piperidine rings is 1. The predicted octanol–water partition coefficient (Wildman–Crippen LogP) is 5.32. The molecule has 0 radical (unpaired) electrons. The lowest BCUT2D eigenvalue weighted by molar-refractivity contribution is -0.167. The fourth-order valence-corrected chi connectivity index (χ4v) is 5.68. The molecular weight excluding hydrogens is 576 g/mol. The number of ether oxygens (including phenoxy) is 4. The first-order valence-electron chi connectivity index (χ1n) is 15.7. The molecule has 0 unspecified atom stereocenters. The normalized spacial score (nSPS) is 23.0. The molecule has 0 aromatic heterocycles. The number of likely N-dealkylation sites (tertiary alicyclic amines) is 2. The van der Waals surface area contributed by atoms with Gasteiger partial charge < -0.3 is 34.1 Å². The number of halogens is 2. The fraction of sp³-hybridized carbons (Fsp3) is 0.719. The summed E-state index contributed by atoms with van der Waals surface area (Å²) in [5.41, 5.74) is -0.0202. The highest BCUT2D eigenvalue weighted by Crippen LogP contribution is 2.30. The van der Waals surface area contributed by atoms with E-state index in [4.69, 9.17) is 18.9 Å². The zero-order valence-electron chi connectivity index (χ0n) is 26.5. The van der Waals surface area contributed by atoms with E-state index in [1.165, 1.54) is 0 Å². The van der Waals surface area contributed by atoms with Gasteiger partial charge in [0.05, 0.1) is 37.5 Å². The van der Waals surface area contributed by atoms with Crippen molar-refractivity contribution in [1.29, 1.82) is 0 Å². The molecular formula is C32H47F2N3O7. The number of alkyl carbamates (subject to hydrolysis) is 1. The van der Waals surface area contributed by atoms with Crippen LogP contribution >= 0.6 is 0 Å². The third kappa shape index (κ3) is 10.2. The topological polar surface area (TPSA) is 107 Å². The van der Waals surface area contributed by atoms with E-state index in [1.54, 1.807) is 25.7 Å². The molecule has 12 heteroatoms. The SMILES string of the molecule is CC(C)OC(=O)N1CCC(O[C@H]2CC[C@H](Oc3ccc(C[C@@H](NC(=O)OC(C)(C)C)C(=O)N4CC(F)(F)C4)cc3)CC2)CC1.